The standard InChI is InChI=1S/C22H29N3O2.ClH/c1-15(2)21(22(27)25-11-9-19(23)10-12-25)24-20(26)14-16-7-8-17-5-3-4-6-18(17)13-16;/h3-8,13,15,19,21H,9-12,14,23H2,1-2H3,(H,24,26);1H. The van der Waals surface area contributed by atoms with Crippen molar-refractivity contribution >= 4 is 35.0 Å². The summed E-state index contributed by atoms with van der Waals surface area (Å²) in [4.78, 5) is 27.3. The Morgan fingerprint density at radius 1 is 1.11 bits per heavy atom. The second kappa shape index (κ2) is 9.89. The lowest BCUT2D eigenvalue weighted by atomic mass is 9.99. The quantitative estimate of drug-likeness (QED) is 0.805. The molecule has 1 saturated heterocycles. The maximum absolute atomic E-state index is 12.9. The SMILES string of the molecule is CC(C)C(NC(=O)Cc1ccc2ccccc2c1)C(=O)N1CCC(N)CC1.Cl. The van der Waals surface area contributed by atoms with Crippen LogP contribution in [-0.4, -0.2) is 41.9 Å². The molecule has 1 aliphatic rings. The first-order valence-electron chi connectivity index (χ1n) is 9.75. The molecule has 2 aromatic carbocycles. The van der Waals surface area contributed by atoms with Crippen molar-refractivity contribution in [3.63, 3.8) is 0 Å². The average molecular weight is 404 g/mol. The van der Waals surface area contributed by atoms with Crippen LogP contribution in [0, 0.1) is 5.92 Å². The summed E-state index contributed by atoms with van der Waals surface area (Å²) in [7, 11) is 0. The van der Waals surface area contributed by atoms with Crippen molar-refractivity contribution in [2.75, 3.05) is 13.1 Å². The second-order valence-corrected chi connectivity index (χ2v) is 7.81. The van der Waals surface area contributed by atoms with Crippen molar-refractivity contribution in [3.8, 4) is 0 Å². The van der Waals surface area contributed by atoms with Gasteiger partial charge in [0.1, 0.15) is 6.04 Å². The number of benzene rings is 2. The average Bonchev–Trinajstić information content (AvgIpc) is 2.66. The molecular weight excluding hydrogens is 374 g/mol. The Balaban J connectivity index is 0.00000280. The summed E-state index contributed by atoms with van der Waals surface area (Å²) >= 11 is 0. The number of carbonyl (C=O) groups excluding carboxylic acids is 2. The number of amides is 2. The smallest absolute Gasteiger partial charge is 0.245 e. The summed E-state index contributed by atoms with van der Waals surface area (Å²) in [6.45, 7) is 5.27. The highest BCUT2D eigenvalue weighted by atomic mass is 35.5. The molecule has 2 aromatic rings. The Labute approximate surface area is 173 Å². The lowest BCUT2D eigenvalue weighted by molar-refractivity contribution is -0.138. The van der Waals surface area contributed by atoms with Crippen LogP contribution in [0.15, 0.2) is 42.5 Å². The fourth-order valence-corrected chi connectivity index (χ4v) is 3.59. The van der Waals surface area contributed by atoms with Crippen LogP contribution in [0.25, 0.3) is 10.8 Å². The molecule has 1 heterocycles. The predicted molar refractivity (Wildman–Crippen MR) is 115 cm³/mol. The molecule has 28 heavy (non-hydrogen) atoms. The van der Waals surface area contributed by atoms with E-state index >= 15 is 0 Å². The van der Waals surface area contributed by atoms with Crippen LogP contribution < -0.4 is 11.1 Å². The van der Waals surface area contributed by atoms with Crippen LogP contribution in [0.3, 0.4) is 0 Å². The number of likely N-dealkylation sites (tertiary alicyclic amines) is 1. The van der Waals surface area contributed by atoms with E-state index in [1.807, 2.05) is 55.1 Å². The first kappa shape index (κ1) is 22.2. The highest BCUT2D eigenvalue weighted by Gasteiger charge is 2.30. The number of nitrogens with zero attached hydrogens (tertiary/aromatic N) is 1. The van der Waals surface area contributed by atoms with E-state index in [1.54, 1.807) is 0 Å². The molecule has 1 fully saturated rings. The molecule has 1 atom stereocenters. The zero-order chi connectivity index (χ0) is 19.4. The lowest BCUT2D eigenvalue weighted by Gasteiger charge is -2.34. The summed E-state index contributed by atoms with van der Waals surface area (Å²) in [5.41, 5.74) is 6.88. The van der Waals surface area contributed by atoms with E-state index < -0.39 is 6.04 Å². The third-order valence-electron chi connectivity index (χ3n) is 5.28. The molecule has 5 nitrogen and oxygen atoms in total. The van der Waals surface area contributed by atoms with Gasteiger partial charge in [-0.2, -0.15) is 0 Å². The van der Waals surface area contributed by atoms with Gasteiger partial charge in [0.25, 0.3) is 0 Å². The molecule has 3 rings (SSSR count). The van der Waals surface area contributed by atoms with Crippen molar-refractivity contribution in [1.82, 2.24) is 10.2 Å². The Kier molecular flexibility index (Phi) is 7.84. The van der Waals surface area contributed by atoms with Gasteiger partial charge in [0, 0.05) is 19.1 Å². The second-order valence-electron chi connectivity index (χ2n) is 7.81. The molecule has 152 valence electrons. The summed E-state index contributed by atoms with van der Waals surface area (Å²) < 4.78 is 0. The van der Waals surface area contributed by atoms with Gasteiger partial charge in [-0.3, -0.25) is 9.59 Å². The minimum absolute atomic E-state index is 0. The molecule has 0 saturated carbocycles. The van der Waals surface area contributed by atoms with Gasteiger partial charge >= 0.3 is 0 Å². The van der Waals surface area contributed by atoms with Crippen LogP contribution in [0.4, 0.5) is 0 Å². The monoisotopic (exact) mass is 403 g/mol. The van der Waals surface area contributed by atoms with Crippen LogP contribution >= 0.6 is 12.4 Å². The minimum atomic E-state index is -0.493. The first-order valence-corrected chi connectivity index (χ1v) is 9.75. The van der Waals surface area contributed by atoms with Crippen molar-refractivity contribution in [2.45, 2.75) is 45.2 Å². The normalized spacial score (nSPS) is 15.9. The molecule has 3 N–H and O–H groups in total. The van der Waals surface area contributed by atoms with E-state index in [2.05, 4.69) is 11.4 Å². The van der Waals surface area contributed by atoms with Crippen molar-refractivity contribution < 1.29 is 9.59 Å². The topological polar surface area (TPSA) is 75.4 Å². The molecule has 0 radical (unpaired) electrons. The van der Waals surface area contributed by atoms with E-state index in [9.17, 15) is 9.59 Å². The summed E-state index contributed by atoms with van der Waals surface area (Å²) in [5, 5.41) is 5.23. The number of halogens is 1. The van der Waals surface area contributed by atoms with E-state index in [0.29, 0.717) is 13.1 Å². The third-order valence-corrected chi connectivity index (χ3v) is 5.28. The van der Waals surface area contributed by atoms with Crippen molar-refractivity contribution in [2.24, 2.45) is 11.7 Å². The zero-order valence-corrected chi connectivity index (χ0v) is 17.4. The lowest BCUT2D eigenvalue weighted by Crippen LogP contribution is -2.54. The number of piperidine rings is 1. The zero-order valence-electron chi connectivity index (χ0n) is 16.6. The number of nitrogens with two attached hydrogens (primary N) is 1. The Bertz CT molecular complexity index is 816. The minimum Gasteiger partial charge on any atom is -0.344 e. The van der Waals surface area contributed by atoms with Gasteiger partial charge in [-0.1, -0.05) is 56.3 Å². The van der Waals surface area contributed by atoms with Crippen molar-refractivity contribution in [3.05, 3.63) is 48.0 Å². The van der Waals surface area contributed by atoms with Gasteiger partial charge in [0.05, 0.1) is 6.42 Å². The third kappa shape index (κ3) is 5.46. The molecule has 1 unspecified atom stereocenters. The van der Waals surface area contributed by atoms with E-state index in [-0.39, 0.29) is 42.6 Å². The van der Waals surface area contributed by atoms with Gasteiger partial charge in [-0.25, -0.2) is 0 Å². The Hall–Kier alpha value is -2.11. The van der Waals surface area contributed by atoms with E-state index in [1.165, 1.54) is 0 Å². The molecule has 0 aromatic heterocycles. The molecule has 1 aliphatic heterocycles. The fourth-order valence-electron chi connectivity index (χ4n) is 3.59. The van der Waals surface area contributed by atoms with Gasteiger partial charge < -0.3 is 16.0 Å². The Morgan fingerprint density at radius 2 is 1.75 bits per heavy atom. The van der Waals surface area contributed by atoms with Crippen molar-refractivity contribution in [1.29, 1.82) is 0 Å². The summed E-state index contributed by atoms with van der Waals surface area (Å²) in [5.74, 6) is -0.0801. The highest BCUT2D eigenvalue weighted by Crippen LogP contribution is 2.17. The molecular formula is C22H30ClN3O2. The number of hydrogen-bond donors (Lipinski definition) is 2. The molecule has 0 bridgehead atoms. The summed E-state index contributed by atoms with van der Waals surface area (Å²) in [6.07, 6.45) is 1.91. The largest absolute Gasteiger partial charge is 0.344 e. The highest BCUT2D eigenvalue weighted by molar-refractivity contribution is 5.90. The van der Waals surface area contributed by atoms with E-state index in [4.69, 9.17) is 5.73 Å². The van der Waals surface area contributed by atoms with Gasteiger partial charge in [0.2, 0.25) is 11.8 Å². The number of hydrogen-bond acceptors (Lipinski definition) is 3. The van der Waals surface area contributed by atoms with Crippen LogP contribution in [0.2, 0.25) is 0 Å². The Morgan fingerprint density at radius 3 is 2.39 bits per heavy atom. The van der Waals surface area contributed by atoms with Crippen LogP contribution in [-0.2, 0) is 16.0 Å². The number of fused-ring (bicyclic) bond motifs is 1. The number of nitrogens with one attached hydrogen (secondary N) is 1. The summed E-state index contributed by atoms with van der Waals surface area (Å²) in [6, 6.07) is 13.8. The first-order chi connectivity index (χ1) is 12.9. The molecule has 6 heteroatoms. The van der Waals surface area contributed by atoms with Gasteiger partial charge in [-0.05, 0) is 35.1 Å². The molecule has 0 spiro atoms. The van der Waals surface area contributed by atoms with Gasteiger partial charge in [0.15, 0.2) is 0 Å². The maximum atomic E-state index is 12.9. The van der Waals surface area contributed by atoms with E-state index in [0.717, 1.165) is 29.2 Å². The van der Waals surface area contributed by atoms with Crippen LogP contribution in [0.1, 0.15) is 32.3 Å². The molecule has 0 aliphatic carbocycles. The van der Waals surface area contributed by atoms with Gasteiger partial charge in [-0.15, -0.1) is 12.4 Å². The number of carbonyl (C=O) groups is 2. The molecule has 2 amide bonds. The number of rotatable bonds is 5. The van der Waals surface area contributed by atoms with Crippen LogP contribution in [0.5, 0.6) is 0 Å². The predicted octanol–water partition coefficient (Wildman–Crippen LogP) is 2.89. The fraction of sp³-hybridized carbons (Fsp3) is 0.455. The maximum Gasteiger partial charge on any atom is 0.245 e.